The normalized spacial score (nSPS) is 14.5. The number of nitrogens with one attached hydrogen (secondary N) is 3. The Kier molecular flexibility index (Phi) is 12.1. The molecular weight excluding hydrogens is 424 g/mol. The molecule has 0 spiro atoms. The van der Waals surface area contributed by atoms with E-state index in [-0.39, 0.29) is 12.2 Å². The van der Waals surface area contributed by atoms with Crippen LogP contribution in [0.3, 0.4) is 0 Å². The number of carboxylic acids is 3. The zero-order chi connectivity index (χ0) is 23.4. The molecule has 0 saturated heterocycles. The van der Waals surface area contributed by atoms with Crippen LogP contribution in [0.1, 0.15) is 32.6 Å². The Labute approximate surface area is 177 Å². The maximum absolute atomic E-state index is 12.4. The van der Waals surface area contributed by atoms with Crippen LogP contribution < -0.4 is 21.7 Å². The van der Waals surface area contributed by atoms with Gasteiger partial charge < -0.3 is 37.0 Å². The van der Waals surface area contributed by atoms with E-state index in [1.165, 1.54) is 6.92 Å². The Bertz CT molecular complexity index is 673. The number of hydrogen-bond acceptors (Lipinski definition) is 8. The molecule has 0 bridgehead atoms. The smallest absolute Gasteiger partial charge is 0.326 e. The first-order valence-corrected chi connectivity index (χ1v) is 9.46. The van der Waals surface area contributed by atoms with Gasteiger partial charge in [0.25, 0.3) is 0 Å². The van der Waals surface area contributed by atoms with Crippen molar-refractivity contribution in [2.24, 2.45) is 5.73 Å². The lowest BCUT2D eigenvalue weighted by Gasteiger charge is -2.23. The summed E-state index contributed by atoms with van der Waals surface area (Å²) in [5.41, 5.74) is 5.48. The van der Waals surface area contributed by atoms with Gasteiger partial charge in [-0.05, 0) is 19.8 Å². The summed E-state index contributed by atoms with van der Waals surface area (Å²) in [6.07, 6.45) is -1.83. The van der Waals surface area contributed by atoms with Crippen molar-refractivity contribution in [2.45, 2.75) is 56.8 Å². The number of hydrogen-bond donors (Lipinski definition) is 8. The van der Waals surface area contributed by atoms with Crippen LogP contribution in [0.25, 0.3) is 0 Å². The minimum absolute atomic E-state index is 0.0245. The zero-order valence-electron chi connectivity index (χ0n) is 16.2. The van der Waals surface area contributed by atoms with Crippen LogP contribution in [0.15, 0.2) is 0 Å². The molecule has 30 heavy (non-hydrogen) atoms. The van der Waals surface area contributed by atoms with Gasteiger partial charge in [-0.15, -0.1) is 0 Å². The molecule has 170 valence electrons. The third-order valence-electron chi connectivity index (χ3n) is 3.83. The summed E-state index contributed by atoms with van der Waals surface area (Å²) < 4.78 is 0. The molecule has 0 heterocycles. The average Bonchev–Trinajstić information content (AvgIpc) is 2.66. The summed E-state index contributed by atoms with van der Waals surface area (Å²) in [7, 11) is 0. The molecule has 0 fully saturated rings. The lowest BCUT2D eigenvalue weighted by molar-refractivity contribution is -0.144. The topological polar surface area (TPSA) is 225 Å². The first-order chi connectivity index (χ1) is 13.9. The van der Waals surface area contributed by atoms with Gasteiger partial charge in [0, 0.05) is 18.6 Å². The van der Waals surface area contributed by atoms with Gasteiger partial charge in [-0.3, -0.25) is 24.0 Å². The maximum Gasteiger partial charge on any atom is 0.326 e. The van der Waals surface area contributed by atoms with Gasteiger partial charge in [-0.1, -0.05) is 0 Å². The predicted octanol–water partition coefficient (Wildman–Crippen LogP) is -2.47. The van der Waals surface area contributed by atoms with E-state index in [0.29, 0.717) is 0 Å². The van der Waals surface area contributed by atoms with Crippen molar-refractivity contribution in [3.8, 4) is 0 Å². The quantitative estimate of drug-likeness (QED) is 0.130. The van der Waals surface area contributed by atoms with Crippen LogP contribution in [0.2, 0.25) is 0 Å². The highest BCUT2D eigenvalue weighted by Crippen LogP contribution is 2.04. The summed E-state index contributed by atoms with van der Waals surface area (Å²) in [5.74, 6) is -6.51. The second kappa shape index (κ2) is 13.4. The fourth-order valence-corrected chi connectivity index (χ4v) is 2.27. The molecule has 0 aliphatic heterocycles. The Balaban J connectivity index is 5.18. The van der Waals surface area contributed by atoms with Crippen LogP contribution in [0.5, 0.6) is 0 Å². The fourth-order valence-electron chi connectivity index (χ4n) is 2.10. The molecule has 0 rings (SSSR count). The molecule has 4 unspecified atom stereocenters. The standard InChI is InChI=1S/C16H26N4O9S/c1-7(18-14(26)8(17)6-30)13(25)19-9(2-4-11(21)22)15(27)20-10(16(28)29)3-5-12(23)24/h7-10,30H,2-6,17H2,1H3,(H,18,26)(H,19,25)(H,20,27)(H,21,22)(H,23,24)(H,28,29). The lowest BCUT2D eigenvalue weighted by atomic mass is 10.1. The molecule has 0 aromatic heterocycles. The van der Waals surface area contributed by atoms with Crippen molar-refractivity contribution in [3.63, 3.8) is 0 Å². The number of thiol groups is 1. The highest BCUT2D eigenvalue weighted by atomic mass is 32.1. The van der Waals surface area contributed by atoms with E-state index in [4.69, 9.17) is 21.1 Å². The molecule has 0 aromatic rings. The van der Waals surface area contributed by atoms with Crippen LogP contribution in [-0.4, -0.2) is 80.9 Å². The summed E-state index contributed by atoms with van der Waals surface area (Å²) >= 11 is 3.86. The number of carboxylic acid groups (broad SMARTS) is 3. The minimum Gasteiger partial charge on any atom is -0.481 e. The summed E-state index contributed by atoms with van der Waals surface area (Å²) in [6.45, 7) is 1.30. The molecule has 14 heteroatoms. The predicted molar refractivity (Wildman–Crippen MR) is 105 cm³/mol. The lowest BCUT2D eigenvalue weighted by Crippen LogP contribution is -2.56. The van der Waals surface area contributed by atoms with Crippen LogP contribution in [0, 0.1) is 0 Å². The summed E-state index contributed by atoms with van der Waals surface area (Å²) in [6, 6.07) is -5.09. The van der Waals surface area contributed by atoms with E-state index >= 15 is 0 Å². The maximum atomic E-state index is 12.4. The number of carbonyl (C=O) groups is 6. The Morgan fingerprint density at radius 2 is 1.27 bits per heavy atom. The molecule has 0 aliphatic carbocycles. The van der Waals surface area contributed by atoms with Gasteiger partial charge in [0.2, 0.25) is 17.7 Å². The molecular formula is C16H26N4O9S. The zero-order valence-corrected chi connectivity index (χ0v) is 17.1. The third kappa shape index (κ3) is 10.6. The molecule has 0 aliphatic rings. The number of nitrogens with two attached hydrogens (primary N) is 1. The SMILES string of the molecule is CC(NC(=O)C(N)CS)C(=O)NC(CCC(=O)O)C(=O)NC(CCC(=O)O)C(=O)O. The molecule has 13 nitrogen and oxygen atoms in total. The van der Waals surface area contributed by atoms with Crippen molar-refractivity contribution in [3.05, 3.63) is 0 Å². The number of rotatable bonds is 14. The monoisotopic (exact) mass is 450 g/mol. The van der Waals surface area contributed by atoms with Crippen LogP contribution in [-0.2, 0) is 28.8 Å². The Morgan fingerprint density at radius 1 is 0.800 bits per heavy atom. The Hall–Kier alpha value is -2.87. The molecule has 0 saturated carbocycles. The second-order valence-corrected chi connectivity index (χ2v) is 6.71. The van der Waals surface area contributed by atoms with Crippen LogP contribution in [0.4, 0.5) is 0 Å². The van der Waals surface area contributed by atoms with E-state index in [9.17, 15) is 28.8 Å². The Morgan fingerprint density at radius 3 is 1.70 bits per heavy atom. The second-order valence-electron chi connectivity index (χ2n) is 6.34. The average molecular weight is 450 g/mol. The fraction of sp³-hybridized carbons (Fsp3) is 0.625. The van der Waals surface area contributed by atoms with Crippen molar-refractivity contribution in [2.75, 3.05) is 5.75 Å². The van der Waals surface area contributed by atoms with Crippen molar-refractivity contribution < 1.29 is 44.1 Å². The van der Waals surface area contributed by atoms with Crippen LogP contribution >= 0.6 is 12.6 Å². The van der Waals surface area contributed by atoms with Gasteiger partial charge in [0.05, 0.1) is 6.04 Å². The molecule has 0 radical (unpaired) electrons. The molecule has 8 N–H and O–H groups in total. The highest BCUT2D eigenvalue weighted by Gasteiger charge is 2.29. The first-order valence-electron chi connectivity index (χ1n) is 8.83. The van der Waals surface area contributed by atoms with E-state index < -0.39 is 79.1 Å². The van der Waals surface area contributed by atoms with Gasteiger partial charge in [0.15, 0.2) is 0 Å². The van der Waals surface area contributed by atoms with Gasteiger partial charge in [-0.25, -0.2) is 4.79 Å². The van der Waals surface area contributed by atoms with Gasteiger partial charge >= 0.3 is 17.9 Å². The van der Waals surface area contributed by atoms with E-state index in [0.717, 1.165) is 0 Å². The number of aliphatic carboxylic acids is 3. The van der Waals surface area contributed by atoms with E-state index in [2.05, 4.69) is 28.6 Å². The third-order valence-corrected chi connectivity index (χ3v) is 4.22. The summed E-state index contributed by atoms with van der Waals surface area (Å²) in [4.78, 5) is 69.1. The van der Waals surface area contributed by atoms with Gasteiger partial charge in [0.1, 0.15) is 18.1 Å². The molecule has 0 aromatic carbocycles. The van der Waals surface area contributed by atoms with Crippen molar-refractivity contribution in [1.82, 2.24) is 16.0 Å². The van der Waals surface area contributed by atoms with Crippen molar-refractivity contribution >= 4 is 48.3 Å². The highest BCUT2D eigenvalue weighted by molar-refractivity contribution is 7.80. The van der Waals surface area contributed by atoms with Crippen molar-refractivity contribution in [1.29, 1.82) is 0 Å². The number of carbonyl (C=O) groups excluding carboxylic acids is 3. The van der Waals surface area contributed by atoms with Gasteiger partial charge in [-0.2, -0.15) is 12.6 Å². The van der Waals surface area contributed by atoms with E-state index in [1.807, 2.05) is 0 Å². The molecule has 4 atom stereocenters. The summed E-state index contributed by atoms with van der Waals surface area (Å²) in [5, 5.41) is 33.2. The number of amides is 3. The first kappa shape index (κ1) is 27.1. The molecule has 3 amide bonds. The largest absolute Gasteiger partial charge is 0.481 e. The minimum atomic E-state index is -1.55. The van der Waals surface area contributed by atoms with E-state index in [1.54, 1.807) is 0 Å².